The molecule has 0 spiro atoms. The van der Waals surface area contributed by atoms with Gasteiger partial charge in [-0.2, -0.15) is 4.31 Å². The van der Waals surface area contributed by atoms with Crippen molar-refractivity contribution >= 4 is 55.8 Å². The molecule has 10 heteroatoms. The lowest BCUT2D eigenvalue weighted by molar-refractivity contribution is -0.141. The third kappa shape index (κ3) is 6.86. The predicted molar refractivity (Wildman–Crippen MR) is 153 cm³/mol. The van der Waals surface area contributed by atoms with Gasteiger partial charge in [-0.25, -0.2) is 8.42 Å². The Kier molecular flexibility index (Phi) is 10.2. The lowest BCUT2D eigenvalue weighted by atomic mass is 10.1. The number of nitrogens with one attached hydrogen (secondary N) is 1. The highest BCUT2D eigenvalue weighted by molar-refractivity contribution is 7.89. The molecule has 0 aromatic heterocycles. The Bertz CT molecular complexity index is 1390. The number of sulfonamides is 1. The second-order valence-corrected chi connectivity index (χ2v) is 12.1. The molecule has 0 saturated carbocycles. The summed E-state index contributed by atoms with van der Waals surface area (Å²) in [6, 6.07) is 16.3. The van der Waals surface area contributed by atoms with Crippen LogP contribution < -0.4 is 5.32 Å². The molecule has 2 amide bonds. The van der Waals surface area contributed by atoms with Gasteiger partial charge >= 0.3 is 0 Å². The molecule has 2 atom stereocenters. The molecular formula is C28H33Cl2N3O4S. The number of rotatable bonds is 11. The number of hydrogen-bond acceptors (Lipinski definition) is 4. The molecule has 0 radical (unpaired) electrons. The third-order valence-electron chi connectivity index (χ3n) is 6.56. The van der Waals surface area contributed by atoms with Crippen LogP contribution in [0.15, 0.2) is 65.6 Å². The number of fused-ring (bicyclic) bond motifs is 1. The molecule has 0 aliphatic carbocycles. The normalized spacial score (nSPS) is 13.3. The molecule has 3 rings (SSSR count). The highest BCUT2D eigenvalue weighted by Gasteiger charge is 2.33. The van der Waals surface area contributed by atoms with Gasteiger partial charge in [0, 0.05) is 35.2 Å². The van der Waals surface area contributed by atoms with E-state index in [0.29, 0.717) is 22.0 Å². The average Bonchev–Trinajstić information content (AvgIpc) is 2.89. The molecule has 0 bridgehead atoms. The number of amides is 2. The number of benzene rings is 3. The summed E-state index contributed by atoms with van der Waals surface area (Å²) in [5, 5.41) is 5.31. The molecule has 0 saturated heterocycles. The molecule has 0 heterocycles. The van der Waals surface area contributed by atoms with Gasteiger partial charge in [0.05, 0.1) is 11.4 Å². The molecule has 3 aromatic rings. The Morgan fingerprint density at radius 2 is 1.55 bits per heavy atom. The van der Waals surface area contributed by atoms with Crippen molar-refractivity contribution in [3.63, 3.8) is 0 Å². The Hall–Kier alpha value is -2.65. The van der Waals surface area contributed by atoms with Gasteiger partial charge in [0.2, 0.25) is 21.8 Å². The molecule has 0 aliphatic heterocycles. The zero-order chi connectivity index (χ0) is 28.0. The van der Waals surface area contributed by atoms with Crippen molar-refractivity contribution in [2.24, 2.45) is 0 Å². The number of halogens is 2. The number of carbonyl (C=O) groups excluding carboxylic acids is 2. The molecule has 38 heavy (non-hydrogen) atoms. The van der Waals surface area contributed by atoms with Crippen molar-refractivity contribution in [1.82, 2.24) is 14.5 Å². The summed E-state index contributed by atoms with van der Waals surface area (Å²) in [6.45, 7) is 5.11. The minimum Gasteiger partial charge on any atom is -0.352 e. The lowest BCUT2D eigenvalue weighted by Crippen LogP contribution is -2.53. The van der Waals surface area contributed by atoms with Crippen molar-refractivity contribution in [3.05, 3.63) is 76.3 Å². The highest BCUT2D eigenvalue weighted by atomic mass is 35.5. The molecule has 1 N–H and O–H groups in total. The maximum absolute atomic E-state index is 13.7. The van der Waals surface area contributed by atoms with E-state index < -0.39 is 28.5 Å². The van der Waals surface area contributed by atoms with Crippen LogP contribution in [0.25, 0.3) is 10.8 Å². The molecule has 0 fully saturated rings. The second kappa shape index (κ2) is 12.9. The summed E-state index contributed by atoms with van der Waals surface area (Å²) >= 11 is 12.8. The molecule has 0 aliphatic rings. The Morgan fingerprint density at radius 3 is 2.16 bits per heavy atom. The van der Waals surface area contributed by atoms with Crippen LogP contribution in [0.3, 0.4) is 0 Å². The van der Waals surface area contributed by atoms with Gasteiger partial charge in [-0.1, -0.05) is 73.4 Å². The molecule has 7 nitrogen and oxygen atoms in total. The standard InChI is InChI=1S/C28H33Cl2N3O4S/c1-5-19(3)31-28(35)26(6-2)33(17-23-24(29)12-9-13-25(23)30)27(34)18-32(4)38(36,37)22-15-14-20-10-7-8-11-21(20)16-22/h7-16,19,26H,5-6,17-18H2,1-4H3,(H,31,35)/t19-,26+/m0/s1. The minimum atomic E-state index is -3.99. The first-order valence-corrected chi connectivity index (χ1v) is 14.7. The topological polar surface area (TPSA) is 86.8 Å². The van der Waals surface area contributed by atoms with E-state index in [1.165, 1.54) is 18.0 Å². The molecule has 3 aromatic carbocycles. The number of likely N-dealkylation sites (N-methyl/N-ethyl adjacent to an activating group) is 1. The summed E-state index contributed by atoms with van der Waals surface area (Å²) in [6.07, 6.45) is 1.04. The van der Waals surface area contributed by atoms with Crippen molar-refractivity contribution in [1.29, 1.82) is 0 Å². The van der Waals surface area contributed by atoms with Crippen LogP contribution in [-0.4, -0.2) is 55.1 Å². The summed E-state index contributed by atoms with van der Waals surface area (Å²) in [5.74, 6) is -0.864. The largest absolute Gasteiger partial charge is 0.352 e. The highest BCUT2D eigenvalue weighted by Crippen LogP contribution is 2.27. The molecular weight excluding hydrogens is 545 g/mol. The maximum Gasteiger partial charge on any atom is 0.243 e. The van der Waals surface area contributed by atoms with Gasteiger partial charge < -0.3 is 10.2 Å². The first kappa shape index (κ1) is 29.9. The van der Waals surface area contributed by atoms with Gasteiger partial charge in [0.25, 0.3) is 0 Å². The Balaban J connectivity index is 1.93. The van der Waals surface area contributed by atoms with Crippen molar-refractivity contribution in [2.75, 3.05) is 13.6 Å². The summed E-state index contributed by atoms with van der Waals surface area (Å²) in [4.78, 5) is 28.3. The zero-order valence-electron chi connectivity index (χ0n) is 21.9. The first-order chi connectivity index (χ1) is 18.0. The van der Waals surface area contributed by atoms with Crippen LogP contribution in [0.5, 0.6) is 0 Å². The van der Waals surface area contributed by atoms with E-state index in [9.17, 15) is 18.0 Å². The SMILES string of the molecule is CC[C@H](C(=O)N[C@@H](C)CC)N(Cc1c(Cl)cccc1Cl)C(=O)CN(C)S(=O)(=O)c1ccc2ccccc2c1. The van der Waals surface area contributed by atoms with Crippen LogP contribution >= 0.6 is 23.2 Å². The monoisotopic (exact) mass is 577 g/mol. The van der Waals surface area contributed by atoms with Gasteiger partial charge in [0.15, 0.2) is 0 Å². The fourth-order valence-corrected chi connectivity index (χ4v) is 5.76. The maximum atomic E-state index is 13.7. The van der Waals surface area contributed by atoms with Crippen LogP contribution in [0.1, 0.15) is 39.2 Å². The number of nitrogens with zero attached hydrogens (tertiary/aromatic N) is 2. The number of hydrogen-bond donors (Lipinski definition) is 1. The predicted octanol–water partition coefficient (Wildman–Crippen LogP) is 5.49. The second-order valence-electron chi connectivity index (χ2n) is 9.23. The Labute approximate surface area is 234 Å². The quantitative estimate of drug-likeness (QED) is 0.326. The van der Waals surface area contributed by atoms with E-state index in [0.717, 1.165) is 21.5 Å². The molecule has 204 valence electrons. The van der Waals surface area contributed by atoms with Crippen LogP contribution in [0.2, 0.25) is 10.0 Å². The van der Waals surface area contributed by atoms with E-state index in [1.54, 1.807) is 37.3 Å². The molecule has 0 unspecified atom stereocenters. The lowest BCUT2D eigenvalue weighted by Gasteiger charge is -2.33. The van der Waals surface area contributed by atoms with Crippen molar-refractivity contribution in [3.8, 4) is 0 Å². The van der Waals surface area contributed by atoms with Gasteiger partial charge in [-0.05, 0) is 54.8 Å². The Morgan fingerprint density at radius 1 is 0.921 bits per heavy atom. The minimum absolute atomic E-state index is 0.0480. The fourth-order valence-electron chi connectivity index (χ4n) is 4.09. The van der Waals surface area contributed by atoms with Crippen molar-refractivity contribution < 1.29 is 18.0 Å². The smallest absolute Gasteiger partial charge is 0.243 e. The van der Waals surface area contributed by atoms with E-state index in [2.05, 4.69) is 5.32 Å². The first-order valence-electron chi connectivity index (χ1n) is 12.5. The average molecular weight is 579 g/mol. The summed E-state index contributed by atoms with van der Waals surface area (Å²) < 4.78 is 27.8. The van der Waals surface area contributed by atoms with Crippen LogP contribution in [0, 0.1) is 0 Å². The summed E-state index contributed by atoms with van der Waals surface area (Å²) in [7, 11) is -2.64. The van der Waals surface area contributed by atoms with Crippen LogP contribution in [-0.2, 0) is 26.2 Å². The van der Waals surface area contributed by atoms with Gasteiger partial charge in [-0.3, -0.25) is 9.59 Å². The van der Waals surface area contributed by atoms with E-state index in [4.69, 9.17) is 23.2 Å². The fraction of sp³-hybridized carbons (Fsp3) is 0.357. The van der Waals surface area contributed by atoms with E-state index in [-0.39, 0.29) is 23.4 Å². The van der Waals surface area contributed by atoms with Crippen molar-refractivity contribution in [2.45, 2.75) is 57.1 Å². The van der Waals surface area contributed by atoms with E-state index in [1.807, 2.05) is 38.1 Å². The third-order valence-corrected chi connectivity index (χ3v) is 9.07. The van der Waals surface area contributed by atoms with E-state index >= 15 is 0 Å². The van der Waals surface area contributed by atoms with Gasteiger partial charge in [0.1, 0.15) is 6.04 Å². The zero-order valence-corrected chi connectivity index (χ0v) is 24.3. The van der Waals surface area contributed by atoms with Crippen LogP contribution in [0.4, 0.5) is 0 Å². The number of carbonyl (C=O) groups is 2. The van der Waals surface area contributed by atoms with Gasteiger partial charge in [-0.15, -0.1) is 0 Å². The summed E-state index contributed by atoms with van der Waals surface area (Å²) in [5.41, 5.74) is 0.485.